The first-order chi connectivity index (χ1) is 25.6. The largest absolute Gasteiger partial charge is 3.00 e. The van der Waals surface area contributed by atoms with Crippen LogP contribution in [0.25, 0.3) is 32.9 Å². The number of aromatic nitrogens is 6. The fraction of sp³-hybridized carbons (Fsp3) is 0.368. The van der Waals surface area contributed by atoms with Gasteiger partial charge in [0.2, 0.25) is 0 Å². The van der Waals surface area contributed by atoms with E-state index in [-0.39, 0.29) is 70.3 Å². The molecule has 1 aliphatic carbocycles. The molecule has 1 radical (unpaired) electrons. The van der Waals surface area contributed by atoms with Gasteiger partial charge in [0, 0.05) is 48.2 Å². The Labute approximate surface area is 322 Å². The summed E-state index contributed by atoms with van der Waals surface area (Å²) in [5.74, 6) is 2.97. The molecule has 2 aromatic carbocycles. The molecule has 3 aromatic heterocycles. The van der Waals surface area contributed by atoms with Gasteiger partial charge in [0.25, 0.3) is 0 Å². The van der Waals surface area contributed by atoms with Crippen molar-refractivity contribution in [1.29, 1.82) is 0 Å². The minimum Gasteiger partial charge on any atom is -0.496 e. The summed E-state index contributed by atoms with van der Waals surface area (Å²) < 4.78 is 69.8. The predicted octanol–water partition coefficient (Wildman–Crippen LogP) is 5.48. The van der Waals surface area contributed by atoms with Gasteiger partial charge >= 0.3 is 32.8 Å². The van der Waals surface area contributed by atoms with Crippen molar-refractivity contribution in [3.05, 3.63) is 85.6 Å². The maximum absolute atomic E-state index is 16.9. The average molecular weight is 799 g/mol. The summed E-state index contributed by atoms with van der Waals surface area (Å²) in [4.78, 5) is 20.1. The minimum absolute atomic E-state index is 0. The van der Waals surface area contributed by atoms with Gasteiger partial charge in [-0.2, -0.15) is 24.8 Å². The van der Waals surface area contributed by atoms with E-state index in [2.05, 4.69) is 50.0 Å². The summed E-state index contributed by atoms with van der Waals surface area (Å²) in [7, 11) is -4.27. The summed E-state index contributed by atoms with van der Waals surface area (Å²) >= 11 is 0. The maximum Gasteiger partial charge on any atom is 3.00 e. The number of piperazine rings is 1. The van der Waals surface area contributed by atoms with E-state index in [1.54, 1.807) is 30.5 Å². The van der Waals surface area contributed by atoms with E-state index in [0.29, 0.717) is 59.3 Å². The number of pyridine rings is 1. The fourth-order valence-electron chi connectivity index (χ4n) is 7.30. The standard InChI is InChI=1S/C38H37F2N8O4S.Ni/c1-4-7-23(16-22(3)52-53(49,50)48-21-42-36(46-48)25-10-11-25)20-51-38-44-35-30(37(45-38)47-18-26-13-14-27(19-47)43-26)17-41-34(33(35)40)29-9-6-8-24-12-15-31(39)28(5-2)32(24)29;/h2,6,8-9,12,15,17,21-22,25-27,43H,1,3-4,7,10-11,13-14,16,18-20H2;/q-3;+3/t22-,26?,27?;/m1./s1. The zero-order valence-corrected chi connectivity index (χ0v) is 31.0. The normalized spacial score (nSPS) is 18.9. The Morgan fingerprint density at radius 2 is 1.87 bits per heavy atom. The molecule has 16 heteroatoms. The monoisotopic (exact) mass is 797 g/mol. The Hall–Kier alpha value is -4.29. The number of nitrogens with zero attached hydrogens (tertiary/aromatic N) is 7. The third-order valence-corrected chi connectivity index (χ3v) is 11.1. The smallest absolute Gasteiger partial charge is 0.496 e. The number of anilines is 1. The molecule has 3 fully saturated rings. The summed E-state index contributed by atoms with van der Waals surface area (Å²) in [5.41, 5.74) is 0.286. The summed E-state index contributed by atoms with van der Waals surface area (Å²) in [6.07, 6.45) is 12.4. The maximum atomic E-state index is 16.9. The third kappa shape index (κ3) is 7.51. The second kappa shape index (κ2) is 15.5. The number of rotatable bonds is 13. The van der Waals surface area contributed by atoms with Crippen LogP contribution in [-0.4, -0.2) is 75.4 Å². The van der Waals surface area contributed by atoms with Crippen LogP contribution in [0.3, 0.4) is 0 Å². The minimum atomic E-state index is -4.27. The van der Waals surface area contributed by atoms with E-state index in [4.69, 9.17) is 20.3 Å². The van der Waals surface area contributed by atoms with Crippen molar-refractivity contribution in [1.82, 2.24) is 34.4 Å². The van der Waals surface area contributed by atoms with Crippen LogP contribution in [0.1, 0.15) is 62.3 Å². The Balaban J connectivity index is 0.00000450. The number of nitrogens with one attached hydrogen (secondary N) is 1. The topological polar surface area (TPSA) is 137 Å². The van der Waals surface area contributed by atoms with E-state index >= 15 is 4.39 Å². The first-order valence-corrected chi connectivity index (χ1v) is 19.0. The molecule has 0 spiro atoms. The van der Waals surface area contributed by atoms with Crippen molar-refractivity contribution in [3.8, 4) is 29.6 Å². The van der Waals surface area contributed by atoms with Crippen LogP contribution in [0.15, 0.2) is 42.9 Å². The Morgan fingerprint density at radius 1 is 1.09 bits per heavy atom. The molecule has 1 saturated carbocycles. The van der Waals surface area contributed by atoms with Gasteiger partial charge in [-0.15, -0.1) is 15.6 Å². The van der Waals surface area contributed by atoms with Gasteiger partial charge < -0.3 is 28.8 Å². The van der Waals surface area contributed by atoms with Crippen molar-refractivity contribution in [2.75, 3.05) is 24.6 Å². The zero-order valence-electron chi connectivity index (χ0n) is 29.2. The van der Waals surface area contributed by atoms with Crippen molar-refractivity contribution in [2.45, 2.75) is 69.1 Å². The van der Waals surface area contributed by atoms with Crippen molar-refractivity contribution in [2.24, 2.45) is 0 Å². The fourth-order valence-corrected chi connectivity index (χ4v) is 8.14. The number of ether oxygens (including phenoxy) is 1. The first-order valence-electron chi connectivity index (χ1n) is 17.6. The Morgan fingerprint density at radius 3 is 2.59 bits per heavy atom. The van der Waals surface area contributed by atoms with Gasteiger partial charge in [0.1, 0.15) is 29.2 Å². The van der Waals surface area contributed by atoms with Gasteiger partial charge in [-0.25, -0.2) is 26.6 Å². The van der Waals surface area contributed by atoms with E-state index in [1.165, 1.54) is 6.07 Å². The number of benzene rings is 2. The molecule has 283 valence electrons. The molecule has 3 aliphatic rings. The molecule has 2 bridgehead atoms. The van der Waals surface area contributed by atoms with Gasteiger partial charge in [-0.1, -0.05) is 36.3 Å². The Kier molecular flexibility index (Phi) is 10.9. The first kappa shape index (κ1) is 38.0. The molecule has 3 atom stereocenters. The summed E-state index contributed by atoms with van der Waals surface area (Å²) in [5, 5.41) is 9.09. The van der Waals surface area contributed by atoms with Crippen molar-refractivity contribution >= 4 is 37.8 Å². The van der Waals surface area contributed by atoms with Crippen LogP contribution < -0.4 is 15.0 Å². The number of hydrogen-bond acceptors (Lipinski definition) is 11. The van der Waals surface area contributed by atoms with Crippen LogP contribution in [0.2, 0.25) is 0 Å². The molecule has 8 rings (SSSR count). The van der Waals surface area contributed by atoms with Gasteiger partial charge in [-0.05, 0) is 43.7 Å². The molecule has 5 heterocycles. The predicted molar refractivity (Wildman–Crippen MR) is 195 cm³/mol. The molecule has 5 aromatic rings. The molecule has 0 amide bonds. The number of fused-ring (bicyclic) bond motifs is 4. The van der Waals surface area contributed by atoms with Crippen LogP contribution in [0.5, 0.6) is 6.01 Å². The number of halogens is 2. The molecule has 12 nitrogen and oxygen atoms in total. The second-order valence-corrected chi connectivity index (χ2v) is 15.2. The SMILES string of the molecule is C#Cc1c(F)ccc2cccc(-c3ncc4c(N5CC6CCC(C5)N6)nc(OC[C-](CC[CH2-])C[C@@H]([CH2-])OS(=O)(=O)n5cnc(C6CC6)n5)nc4c3F)c12.[Ni+3]. The van der Waals surface area contributed by atoms with Gasteiger partial charge in [-0.3, -0.25) is 15.1 Å². The molecule has 1 N–H and O–H groups in total. The van der Waals surface area contributed by atoms with Crippen LogP contribution in [0, 0.1) is 43.7 Å². The number of terminal acetylenes is 1. The van der Waals surface area contributed by atoms with Crippen molar-refractivity contribution < 1.29 is 42.6 Å². The summed E-state index contributed by atoms with van der Waals surface area (Å²) in [6, 6.07) is 8.49. The Bertz CT molecular complexity index is 2340. The average Bonchev–Trinajstić information content (AvgIpc) is 3.76. The van der Waals surface area contributed by atoms with Gasteiger partial charge in [0.15, 0.2) is 11.6 Å². The van der Waals surface area contributed by atoms with Crippen LogP contribution in [-0.2, 0) is 31.0 Å². The van der Waals surface area contributed by atoms with Crippen LogP contribution in [0.4, 0.5) is 14.6 Å². The number of hydrogen-bond donors (Lipinski definition) is 1. The van der Waals surface area contributed by atoms with E-state index in [9.17, 15) is 12.8 Å². The van der Waals surface area contributed by atoms with Gasteiger partial charge in [0.05, 0.1) is 10.9 Å². The van der Waals surface area contributed by atoms with E-state index in [1.807, 2.05) is 0 Å². The van der Waals surface area contributed by atoms with E-state index in [0.717, 1.165) is 42.0 Å². The summed E-state index contributed by atoms with van der Waals surface area (Å²) in [6.45, 7) is 9.14. The molecular weight excluding hydrogens is 761 g/mol. The van der Waals surface area contributed by atoms with E-state index < -0.39 is 28.0 Å². The quantitative estimate of drug-likeness (QED) is 0.0922. The zero-order chi connectivity index (χ0) is 36.9. The van der Waals surface area contributed by atoms with Crippen LogP contribution >= 0.6 is 0 Å². The molecular formula is C38H37F2N8NiO4S. The molecule has 2 saturated heterocycles. The molecule has 2 unspecified atom stereocenters. The molecule has 54 heavy (non-hydrogen) atoms. The third-order valence-electron chi connectivity index (χ3n) is 9.92. The second-order valence-electron chi connectivity index (χ2n) is 13.8. The molecule has 2 aliphatic heterocycles. The van der Waals surface area contributed by atoms with Crippen molar-refractivity contribution in [3.63, 3.8) is 0 Å².